The van der Waals surface area contributed by atoms with Crippen LogP contribution in [-0.2, 0) is 20.2 Å². The Hall–Kier alpha value is -5.22. The van der Waals surface area contributed by atoms with Crippen molar-refractivity contribution in [1.82, 2.24) is 24.9 Å². The van der Waals surface area contributed by atoms with E-state index in [1.165, 1.54) is 36.0 Å². The van der Waals surface area contributed by atoms with Crippen LogP contribution in [0.15, 0.2) is 96.1 Å². The van der Waals surface area contributed by atoms with Gasteiger partial charge in [-0.05, 0) is 88.4 Å². The van der Waals surface area contributed by atoms with Gasteiger partial charge < -0.3 is 25.5 Å². The lowest BCUT2D eigenvalue weighted by Crippen LogP contribution is -2.21. The zero-order valence-corrected chi connectivity index (χ0v) is 40.8. The van der Waals surface area contributed by atoms with Gasteiger partial charge in [-0.1, -0.05) is 57.6 Å². The summed E-state index contributed by atoms with van der Waals surface area (Å²) in [7, 11) is -9.35. The standard InChI is InChI=1S/C39H39Cl2N13O7S5/c1-5-53(6-2)21-9-13-25(49-51-38-44-27-15-11-23(40)33(31(27)63-38)65(56,57)58)29(19-21)42-35-46-36(48-37(47-35)62-18-17-55)43-30-20-22(54(7-3)8-4)10-14-26(30)50-52-39-45-28-16-12-24(41)34(32(28)64-39)66(59,60)61/h9-16,19-20,55H,5-8,17-18H2,1-4H3,(H,56,57,58)(H,59,60,61)(H2,42,43,46,47,48). The highest BCUT2D eigenvalue weighted by molar-refractivity contribution is 7.99. The minimum atomic E-state index is -4.67. The van der Waals surface area contributed by atoms with Crippen LogP contribution < -0.4 is 20.4 Å². The lowest BCUT2D eigenvalue weighted by molar-refractivity contribution is 0.322. The Bertz CT molecular complexity index is 3020. The van der Waals surface area contributed by atoms with Gasteiger partial charge in [0.25, 0.3) is 20.2 Å². The first kappa shape index (κ1) is 48.7. The van der Waals surface area contributed by atoms with Gasteiger partial charge in [0.2, 0.25) is 22.2 Å². The molecule has 0 aliphatic rings. The van der Waals surface area contributed by atoms with E-state index in [2.05, 4.69) is 60.8 Å². The number of benzene rings is 4. The molecule has 27 heteroatoms. The molecule has 0 aliphatic heterocycles. The average Bonchev–Trinajstić information content (AvgIpc) is 3.88. The third-order valence-electron chi connectivity index (χ3n) is 9.56. The normalized spacial score (nSPS) is 12.3. The lowest BCUT2D eigenvalue weighted by atomic mass is 10.2. The van der Waals surface area contributed by atoms with Crippen molar-refractivity contribution in [2.45, 2.75) is 42.6 Å². The van der Waals surface area contributed by atoms with Gasteiger partial charge in [0, 0.05) is 43.3 Å². The van der Waals surface area contributed by atoms with Crippen molar-refractivity contribution in [1.29, 1.82) is 0 Å². The third-order valence-corrected chi connectivity index (χ3v) is 15.3. The molecule has 0 atom stereocenters. The summed E-state index contributed by atoms with van der Waals surface area (Å²) in [4.78, 5) is 26.1. The summed E-state index contributed by atoms with van der Waals surface area (Å²) in [6, 6.07) is 16.6. The molecule has 0 amide bonds. The number of halogens is 2. The van der Waals surface area contributed by atoms with E-state index in [0.29, 0.717) is 48.9 Å². The molecule has 3 heterocycles. The SMILES string of the molecule is CCN(CC)c1ccc(N=Nc2nc3ccc(Cl)c(S(=O)(=O)O)c3s2)c(Nc2nc(Nc3cc(N(CC)CC)ccc3N=Nc3nc4ccc(Cl)c(S(=O)(=O)O)c4s3)nc(SCCO)n2)c1. The summed E-state index contributed by atoms with van der Waals surface area (Å²) >= 11 is 15.2. The van der Waals surface area contributed by atoms with Crippen molar-refractivity contribution < 1.29 is 31.0 Å². The van der Waals surface area contributed by atoms with Gasteiger partial charge in [-0.3, -0.25) is 9.11 Å². The fourth-order valence-electron chi connectivity index (χ4n) is 6.53. The first-order chi connectivity index (χ1) is 31.5. The number of aliphatic hydroxyl groups excluding tert-OH is 1. The number of thioether (sulfide) groups is 1. The van der Waals surface area contributed by atoms with Crippen LogP contribution in [0.1, 0.15) is 27.7 Å². The van der Waals surface area contributed by atoms with Crippen LogP contribution >= 0.6 is 57.6 Å². The average molecular weight is 1030 g/mol. The second-order valence-corrected chi connectivity index (χ2v) is 20.2. The predicted octanol–water partition coefficient (Wildman–Crippen LogP) is 11.0. The molecule has 0 fully saturated rings. The van der Waals surface area contributed by atoms with Crippen molar-refractivity contribution in [3.63, 3.8) is 0 Å². The molecule has 5 N–H and O–H groups in total. The van der Waals surface area contributed by atoms with Gasteiger partial charge in [-0.25, -0.2) is 9.97 Å². The molecule has 0 unspecified atom stereocenters. The molecule has 0 bridgehead atoms. The number of hydrogen-bond acceptors (Lipinski definition) is 21. The largest absolute Gasteiger partial charge is 0.396 e. The lowest BCUT2D eigenvalue weighted by Gasteiger charge is -2.22. The van der Waals surface area contributed by atoms with Crippen LogP contribution in [0.4, 0.5) is 56.3 Å². The minimum Gasteiger partial charge on any atom is -0.396 e. The highest BCUT2D eigenvalue weighted by atomic mass is 35.5. The number of nitrogens with one attached hydrogen (secondary N) is 2. The molecule has 7 rings (SSSR count). The molecule has 4 aromatic carbocycles. The Balaban J connectivity index is 1.28. The summed E-state index contributed by atoms with van der Waals surface area (Å²) in [5, 5.41) is 34.0. The summed E-state index contributed by atoms with van der Waals surface area (Å²) in [6.45, 7) is 10.8. The highest BCUT2D eigenvalue weighted by Crippen LogP contribution is 2.41. The van der Waals surface area contributed by atoms with E-state index in [0.717, 1.165) is 34.0 Å². The molecule has 0 radical (unpaired) electrons. The van der Waals surface area contributed by atoms with E-state index in [1.807, 2.05) is 52.0 Å². The van der Waals surface area contributed by atoms with Crippen LogP contribution in [0.2, 0.25) is 10.0 Å². The molecule has 346 valence electrons. The Morgan fingerprint density at radius 2 is 1.05 bits per heavy atom. The van der Waals surface area contributed by atoms with E-state index in [9.17, 15) is 31.0 Å². The maximum atomic E-state index is 12.2. The molecule has 0 saturated carbocycles. The number of nitrogens with zero attached hydrogens (tertiary/aromatic N) is 11. The Labute approximate surface area is 400 Å². The number of aliphatic hydroxyl groups is 1. The van der Waals surface area contributed by atoms with E-state index in [4.69, 9.17) is 28.2 Å². The third kappa shape index (κ3) is 11.1. The highest BCUT2D eigenvalue weighted by Gasteiger charge is 2.24. The summed E-state index contributed by atoms with van der Waals surface area (Å²) < 4.78 is 68.6. The number of fused-ring (bicyclic) bond motifs is 2. The van der Waals surface area contributed by atoms with Crippen molar-refractivity contribution in [2.24, 2.45) is 20.5 Å². The van der Waals surface area contributed by atoms with Crippen molar-refractivity contribution >= 4 is 155 Å². The second kappa shape index (κ2) is 20.7. The molecule has 0 spiro atoms. The molecule has 0 aliphatic carbocycles. The number of thiazole rings is 2. The molecular weight excluding hydrogens is 994 g/mol. The summed E-state index contributed by atoms with van der Waals surface area (Å²) in [5.41, 5.74) is 3.77. The van der Waals surface area contributed by atoms with E-state index < -0.39 is 30.0 Å². The Morgan fingerprint density at radius 1 is 0.621 bits per heavy atom. The fraction of sp³-hybridized carbons (Fsp3) is 0.256. The molecule has 20 nitrogen and oxygen atoms in total. The number of azo groups is 2. The van der Waals surface area contributed by atoms with E-state index in [1.54, 1.807) is 12.1 Å². The van der Waals surface area contributed by atoms with Crippen molar-refractivity contribution in [3.8, 4) is 0 Å². The predicted molar refractivity (Wildman–Crippen MR) is 261 cm³/mol. The molecule has 3 aromatic heterocycles. The topological polar surface area (TPSA) is 273 Å². The Kier molecular flexibility index (Phi) is 15.3. The van der Waals surface area contributed by atoms with E-state index in [-0.39, 0.29) is 70.2 Å². The summed E-state index contributed by atoms with van der Waals surface area (Å²) in [5.74, 6) is 0.467. The van der Waals surface area contributed by atoms with E-state index >= 15 is 0 Å². The van der Waals surface area contributed by atoms with Crippen LogP contribution in [0, 0.1) is 0 Å². The zero-order valence-electron chi connectivity index (χ0n) is 35.2. The van der Waals surface area contributed by atoms with Crippen LogP contribution in [0.25, 0.3) is 20.4 Å². The maximum absolute atomic E-state index is 12.2. The molecule has 7 aromatic rings. The second-order valence-electron chi connectivity index (χ2n) is 13.6. The van der Waals surface area contributed by atoms with Gasteiger partial charge in [0.1, 0.15) is 21.2 Å². The van der Waals surface area contributed by atoms with Crippen molar-refractivity contribution in [3.05, 3.63) is 70.7 Å². The quantitative estimate of drug-likeness (QED) is 0.0286. The maximum Gasteiger partial charge on any atom is 0.297 e. The number of hydrogen-bond donors (Lipinski definition) is 5. The smallest absolute Gasteiger partial charge is 0.297 e. The van der Waals surface area contributed by atoms with Gasteiger partial charge >= 0.3 is 0 Å². The number of anilines is 6. The van der Waals surface area contributed by atoms with Crippen LogP contribution in [-0.4, -0.2) is 94.5 Å². The first-order valence-electron chi connectivity index (χ1n) is 19.8. The molecule has 66 heavy (non-hydrogen) atoms. The molecular formula is C39H39Cl2N13O7S5. The van der Waals surface area contributed by atoms with Gasteiger partial charge in [0.05, 0.1) is 48.5 Å². The zero-order chi connectivity index (χ0) is 47.3. The minimum absolute atomic E-state index is 0.0966. The Morgan fingerprint density at radius 3 is 1.42 bits per heavy atom. The first-order valence-corrected chi connectivity index (χ1v) is 26.1. The van der Waals surface area contributed by atoms with Gasteiger partial charge in [-0.2, -0.15) is 31.8 Å². The number of rotatable bonds is 19. The number of aromatic nitrogens is 5. The van der Waals surface area contributed by atoms with Crippen LogP contribution in [0.5, 0.6) is 0 Å². The van der Waals surface area contributed by atoms with Crippen molar-refractivity contribution in [2.75, 3.05) is 59.0 Å². The van der Waals surface area contributed by atoms with Gasteiger partial charge in [-0.15, -0.1) is 20.5 Å². The fourth-order valence-corrected chi connectivity index (χ4v) is 12.0. The summed E-state index contributed by atoms with van der Waals surface area (Å²) in [6.07, 6.45) is 0. The monoisotopic (exact) mass is 1030 g/mol. The molecule has 0 saturated heterocycles. The van der Waals surface area contributed by atoms with Gasteiger partial charge in [0.15, 0.2) is 5.16 Å². The van der Waals surface area contributed by atoms with Crippen LogP contribution in [0.3, 0.4) is 0 Å².